The molecule has 12 heavy (non-hydrogen) atoms. The molecule has 0 saturated heterocycles. The van der Waals surface area contributed by atoms with Crippen molar-refractivity contribution in [1.82, 2.24) is 14.5 Å². The van der Waals surface area contributed by atoms with Crippen molar-refractivity contribution in [3.63, 3.8) is 0 Å². The van der Waals surface area contributed by atoms with Crippen LogP contribution in [0.5, 0.6) is 0 Å². The lowest BCUT2D eigenvalue weighted by Gasteiger charge is -2.01. The average molecular weight is 158 g/mol. The van der Waals surface area contributed by atoms with Crippen molar-refractivity contribution in [2.24, 2.45) is 0 Å². The third-order valence-corrected chi connectivity index (χ3v) is 1.67. The minimum atomic E-state index is 0.878. The molecule has 1 radical (unpaired) electrons. The molecule has 2 rings (SSSR count). The lowest BCUT2D eigenvalue weighted by Crippen LogP contribution is -1.97. The monoisotopic (exact) mass is 158 g/mol. The van der Waals surface area contributed by atoms with Gasteiger partial charge in [-0.05, 0) is 19.1 Å². The molecule has 0 N–H and O–H groups in total. The van der Waals surface area contributed by atoms with Gasteiger partial charge in [0.2, 0.25) is 0 Å². The van der Waals surface area contributed by atoms with Crippen LogP contribution in [0.2, 0.25) is 0 Å². The molecule has 0 bridgehead atoms. The summed E-state index contributed by atoms with van der Waals surface area (Å²) in [5.74, 6) is 1.82. The van der Waals surface area contributed by atoms with E-state index in [9.17, 15) is 0 Å². The summed E-state index contributed by atoms with van der Waals surface area (Å²) >= 11 is 0. The highest BCUT2D eigenvalue weighted by Crippen LogP contribution is 2.04. The fourth-order valence-corrected chi connectivity index (χ4v) is 1.07. The van der Waals surface area contributed by atoms with Crippen molar-refractivity contribution in [3.05, 3.63) is 42.6 Å². The highest BCUT2D eigenvalue weighted by molar-refractivity contribution is 5.22. The van der Waals surface area contributed by atoms with Crippen molar-refractivity contribution < 1.29 is 0 Å². The standard InChI is InChI=1S/C9H8N3/c1-8-10-6-7-12(8)9-4-2-3-5-11-9/h2,4-7H,1H3. The number of aromatic nitrogens is 3. The van der Waals surface area contributed by atoms with Crippen LogP contribution in [-0.4, -0.2) is 14.5 Å². The van der Waals surface area contributed by atoms with Gasteiger partial charge in [0.25, 0.3) is 0 Å². The highest BCUT2D eigenvalue weighted by Gasteiger charge is 1.98. The zero-order chi connectivity index (χ0) is 8.39. The van der Waals surface area contributed by atoms with Crippen LogP contribution in [0.25, 0.3) is 5.82 Å². The van der Waals surface area contributed by atoms with Crippen LogP contribution >= 0.6 is 0 Å². The first-order valence-corrected chi connectivity index (χ1v) is 3.70. The molecule has 3 heteroatoms. The van der Waals surface area contributed by atoms with E-state index in [0.29, 0.717) is 0 Å². The Kier molecular flexibility index (Phi) is 1.63. The van der Waals surface area contributed by atoms with Crippen LogP contribution in [0.4, 0.5) is 0 Å². The SMILES string of the molecule is Cc1nccn1-c1cc[c]cn1. The molecule has 0 aromatic carbocycles. The fourth-order valence-electron chi connectivity index (χ4n) is 1.07. The van der Waals surface area contributed by atoms with Gasteiger partial charge in [0.05, 0.1) is 0 Å². The van der Waals surface area contributed by atoms with Crippen molar-refractivity contribution in [2.45, 2.75) is 6.92 Å². The molecule has 0 spiro atoms. The zero-order valence-corrected chi connectivity index (χ0v) is 6.73. The summed E-state index contributed by atoms with van der Waals surface area (Å²) in [5, 5.41) is 0. The number of imidazole rings is 1. The van der Waals surface area contributed by atoms with Crippen LogP contribution in [0.1, 0.15) is 5.82 Å². The Bertz CT molecular complexity index is 364. The van der Waals surface area contributed by atoms with Gasteiger partial charge in [-0.15, -0.1) is 0 Å². The number of pyridine rings is 1. The second kappa shape index (κ2) is 2.77. The van der Waals surface area contributed by atoms with Gasteiger partial charge in [0.15, 0.2) is 0 Å². The quantitative estimate of drug-likeness (QED) is 0.627. The van der Waals surface area contributed by atoms with Gasteiger partial charge in [-0.25, -0.2) is 9.97 Å². The predicted molar refractivity (Wildman–Crippen MR) is 44.9 cm³/mol. The molecule has 0 aliphatic rings. The van der Waals surface area contributed by atoms with E-state index in [1.165, 1.54) is 0 Å². The molecule has 2 aromatic rings. The maximum atomic E-state index is 4.15. The van der Waals surface area contributed by atoms with Crippen LogP contribution in [0.3, 0.4) is 0 Å². The first-order valence-electron chi connectivity index (χ1n) is 3.70. The Balaban J connectivity index is 2.51. The molecule has 59 valence electrons. The van der Waals surface area contributed by atoms with Crippen molar-refractivity contribution in [1.29, 1.82) is 0 Å². The van der Waals surface area contributed by atoms with Crippen molar-refractivity contribution in [3.8, 4) is 5.82 Å². The molecular weight excluding hydrogens is 150 g/mol. The number of rotatable bonds is 1. The second-order valence-electron chi connectivity index (χ2n) is 2.46. The summed E-state index contributed by atoms with van der Waals surface area (Å²) in [6.45, 7) is 1.94. The van der Waals surface area contributed by atoms with E-state index >= 15 is 0 Å². The van der Waals surface area contributed by atoms with Crippen molar-refractivity contribution >= 4 is 0 Å². The molecule has 2 aromatic heterocycles. The van der Waals surface area contributed by atoms with Crippen LogP contribution in [0.15, 0.2) is 30.7 Å². The average Bonchev–Trinajstić information content (AvgIpc) is 2.53. The molecule has 0 aliphatic carbocycles. The molecule has 0 atom stereocenters. The lowest BCUT2D eigenvalue weighted by molar-refractivity contribution is 0.932. The van der Waals surface area contributed by atoms with Gasteiger partial charge in [-0.1, -0.05) is 0 Å². The number of aryl methyl sites for hydroxylation is 1. The van der Waals surface area contributed by atoms with Crippen LogP contribution in [-0.2, 0) is 0 Å². The molecule has 0 amide bonds. The zero-order valence-electron chi connectivity index (χ0n) is 6.73. The molecule has 0 fully saturated rings. The topological polar surface area (TPSA) is 30.7 Å². The summed E-state index contributed by atoms with van der Waals surface area (Å²) in [7, 11) is 0. The molecule has 0 saturated carbocycles. The van der Waals surface area contributed by atoms with Crippen LogP contribution in [0, 0.1) is 13.0 Å². The summed E-state index contributed by atoms with van der Waals surface area (Å²) < 4.78 is 1.92. The molecule has 2 heterocycles. The van der Waals surface area contributed by atoms with Gasteiger partial charge in [-0.3, -0.25) is 4.57 Å². The third kappa shape index (κ3) is 1.09. The Morgan fingerprint density at radius 1 is 1.42 bits per heavy atom. The molecule has 0 unspecified atom stereocenters. The van der Waals surface area contributed by atoms with E-state index in [2.05, 4.69) is 16.0 Å². The van der Waals surface area contributed by atoms with Gasteiger partial charge >= 0.3 is 0 Å². The third-order valence-electron chi connectivity index (χ3n) is 1.67. The van der Waals surface area contributed by atoms with E-state index in [1.807, 2.05) is 29.8 Å². The van der Waals surface area contributed by atoms with Crippen LogP contribution < -0.4 is 0 Å². The van der Waals surface area contributed by atoms with Gasteiger partial charge < -0.3 is 0 Å². The Hall–Kier alpha value is -1.64. The second-order valence-corrected chi connectivity index (χ2v) is 2.46. The van der Waals surface area contributed by atoms with E-state index in [4.69, 9.17) is 0 Å². The van der Waals surface area contributed by atoms with E-state index in [1.54, 1.807) is 12.4 Å². The van der Waals surface area contributed by atoms with Gasteiger partial charge in [0.1, 0.15) is 11.6 Å². The summed E-state index contributed by atoms with van der Waals surface area (Å²) in [6.07, 6.45) is 5.29. The number of hydrogen-bond acceptors (Lipinski definition) is 2. The largest absolute Gasteiger partial charge is 0.288 e. The maximum Gasteiger partial charge on any atom is 0.138 e. The van der Waals surface area contributed by atoms with E-state index in [-0.39, 0.29) is 0 Å². The number of hydrogen-bond donors (Lipinski definition) is 0. The van der Waals surface area contributed by atoms with Gasteiger partial charge in [-0.2, -0.15) is 0 Å². The maximum absolute atomic E-state index is 4.15. The minimum Gasteiger partial charge on any atom is -0.288 e. The summed E-state index contributed by atoms with van der Waals surface area (Å²) in [5.41, 5.74) is 0. The highest BCUT2D eigenvalue weighted by atomic mass is 15.1. The first kappa shape index (κ1) is 7.03. The Morgan fingerprint density at radius 3 is 2.92 bits per heavy atom. The Morgan fingerprint density at radius 2 is 2.33 bits per heavy atom. The normalized spacial score (nSPS) is 10.1. The van der Waals surface area contributed by atoms with E-state index in [0.717, 1.165) is 11.6 Å². The Labute approximate surface area is 70.7 Å². The molecule has 0 aliphatic heterocycles. The minimum absolute atomic E-state index is 0.878. The molecule has 3 nitrogen and oxygen atoms in total. The molecular formula is C9H8N3. The number of nitrogens with zero attached hydrogens (tertiary/aromatic N) is 3. The van der Waals surface area contributed by atoms with Crippen molar-refractivity contribution in [2.75, 3.05) is 0 Å². The summed E-state index contributed by atoms with van der Waals surface area (Å²) in [6, 6.07) is 6.60. The van der Waals surface area contributed by atoms with E-state index < -0.39 is 0 Å². The van der Waals surface area contributed by atoms with Gasteiger partial charge in [0, 0.05) is 24.7 Å². The summed E-state index contributed by atoms with van der Waals surface area (Å²) in [4.78, 5) is 8.26. The fraction of sp³-hybridized carbons (Fsp3) is 0.111. The predicted octanol–water partition coefficient (Wildman–Crippen LogP) is 1.38. The smallest absolute Gasteiger partial charge is 0.138 e. The first-order chi connectivity index (χ1) is 5.88. The lowest BCUT2D eigenvalue weighted by atomic mass is 10.4.